The fourth-order valence-corrected chi connectivity index (χ4v) is 2.48. The molecule has 2 aromatic heterocycles. The highest BCUT2D eigenvalue weighted by Gasteiger charge is 2.08. The second-order valence-electron chi connectivity index (χ2n) is 5.15. The lowest BCUT2D eigenvalue weighted by Gasteiger charge is -2.09. The molecule has 0 bridgehead atoms. The Morgan fingerprint density at radius 3 is 2.50 bits per heavy atom. The van der Waals surface area contributed by atoms with E-state index < -0.39 is 0 Å². The van der Waals surface area contributed by atoms with E-state index >= 15 is 0 Å². The lowest BCUT2D eigenvalue weighted by atomic mass is 9.99. The zero-order valence-corrected chi connectivity index (χ0v) is 12.2. The Hall–Kier alpha value is -1.93. The number of pyridine rings is 2. The summed E-state index contributed by atoms with van der Waals surface area (Å²) in [6.07, 6.45) is 1.72. The van der Waals surface area contributed by atoms with E-state index in [1.54, 1.807) is 6.20 Å². The summed E-state index contributed by atoms with van der Waals surface area (Å²) in [6.45, 7) is 4.37. The molecule has 20 heavy (non-hydrogen) atoms. The van der Waals surface area contributed by atoms with Crippen molar-refractivity contribution in [1.82, 2.24) is 9.97 Å². The van der Waals surface area contributed by atoms with E-state index in [-0.39, 0.29) is 0 Å². The van der Waals surface area contributed by atoms with E-state index in [9.17, 15) is 0 Å². The number of aromatic nitrogens is 2. The summed E-state index contributed by atoms with van der Waals surface area (Å²) in [7, 11) is 0. The fraction of sp³-hybridized carbons (Fsp3) is 0.176. The molecular weight excluding hydrogens is 268 g/mol. The van der Waals surface area contributed by atoms with Gasteiger partial charge in [0.15, 0.2) is 5.65 Å². The third-order valence-corrected chi connectivity index (χ3v) is 3.72. The van der Waals surface area contributed by atoms with Crippen molar-refractivity contribution in [2.45, 2.75) is 19.8 Å². The van der Waals surface area contributed by atoms with Crippen LogP contribution >= 0.6 is 11.6 Å². The standard InChI is InChI=1S/C17H15ClN2/c1-11(2)12-5-7-13(8-6-12)15-10-14-4-3-9-19-17(14)20-16(15)18/h3-11H,1-2H3. The highest BCUT2D eigenvalue weighted by molar-refractivity contribution is 6.32. The SMILES string of the molecule is CC(C)c1ccc(-c2cc3cccnc3nc2Cl)cc1. The molecule has 0 unspecified atom stereocenters. The summed E-state index contributed by atoms with van der Waals surface area (Å²) in [4.78, 5) is 8.58. The Kier molecular flexibility index (Phi) is 3.41. The van der Waals surface area contributed by atoms with Gasteiger partial charge < -0.3 is 0 Å². The van der Waals surface area contributed by atoms with E-state index in [1.165, 1.54) is 5.56 Å². The summed E-state index contributed by atoms with van der Waals surface area (Å²) < 4.78 is 0. The highest BCUT2D eigenvalue weighted by atomic mass is 35.5. The van der Waals surface area contributed by atoms with Crippen LogP contribution in [0.25, 0.3) is 22.2 Å². The molecule has 0 aliphatic heterocycles. The van der Waals surface area contributed by atoms with Crippen LogP contribution in [0.2, 0.25) is 5.15 Å². The van der Waals surface area contributed by atoms with Crippen molar-refractivity contribution in [1.29, 1.82) is 0 Å². The quantitative estimate of drug-likeness (QED) is 0.613. The number of benzene rings is 1. The number of nitrogens with zero attached hydrogens (tertiary/aromatic N) is 2. The van der Waals surface area contributed by atoms with E-state index in [1.807, 2.05) is 18.2 Å². The molecule has 2 nitrogen and oxygen atoms in total. The van der Waals surface area contributed by atoms with Crippen molar-refractivity contribution in [3.05, 3.63) is 59.4 Å². The monoisotopic (exact) mass is 282 g/mol. The van der Waals surface area contributed by atoms with Gasteiger partial charge in [-0.1, -0.05) is 49.7 Å². The lowest BCUT2D eigenvalue weighted by molar-refractivity contribution is 0.867. The molecule has 0 saturated carbocycles. The molecule has 3 aromatic rings. The maximum atomic E-state index is 6.29. The summed E-state index contributed by atoms with van der Waals surface area (Å²) in [5, 5.41) is 1.49. The number of hydrogen-bond acceptors (Lipinski definition) is 2. The summed E-state index contributed by atoms with van der Waals surface area (Å²) in [6, 6.07) is 14.4. The van der Waals surface area contributed by atoms with Gasteiger partial charge in [-0.3, -0.25) is 0 Å². The average Bonchev–Trinajstić information content (AvgIpc) is 2.46. The third kappa shape index (κ3) is 2.39. The number of halogens is 1. The normalized spacial score (nSPS) is 11.2. The van der Waals surface area contributed by atoms with Gasteiger partial charge in [0.25, 0.3) is 0 Å². The smallest absolute Gasteiger partial charge is 0.160 e. The van der Waals surface area contributed by atoms with Gasteiger partial charge in [-0.25, -0.2) is 9.97 Å². The van der Waals surface area contributed by atoms with Crippen molar-refractivity contribution in [3.8, 4) is 11.1 Å². The van der Waals surface area contributed by atoms with Crippen molar-refractivity contribution >= 4 is 22.6 Å². The van der Waals surface area contributed by atoms with E-state index in [4.69, 9.17) is 11.6 Å². The largest absolute Gasteiger partial charge is 0.237 e. The fourth-order valence-electron chi connectivity index (χ4n) is 2.23. The molecule has 3 rings (SSSR count). The second-order valence-corrected chi connectivity index (χ2v) is 5.51. The zero-order chi connectivity index (χ0) is 14.1. The Morgan fingerprint density at radius 2 is 1.80 bits per heavy atom. The van der Waals surface area contributed by atoms with Crippen LogP contribution in [-0.4, -0.2) is 9.97 Å². The van der Waals surface area contributed by atoms with Gasteiger partial charge in [0.2, 0.25) is 0 Å². The van der Waals surface area contributed by atoms with Crippen molar-refractivity contribution < 1.29 is 0 Å². The van der Waals surface area contributed by atoms with Crippen molar-refractivity contribution in [2.24, 2.45) is 0 Å². The van der Waals surface area contributed by atoms with Gasteiger partial charge in [0.1, 0.15) is 5.15 Å². The molecule has 0 N–H and O–H groups in total. The molecule has 0 aliphatic rings. The van der Waals surface area contributed by atoms with E-state index in [0.29, 0.717) is 16.7 Å². The molecule has 1 aromatic carbocycles. The first kappa shape index (κ1) is 13.1. The number of hydrogen-bond donors (Lipinski definition) is 0. The Morgan fingerprint density at radius 1 is 1.05 bits per heavy atom. The molecule has 100 valence electrons. The first-order valence-electron chi connectivity index (χ1n) is 6.67. The second kappa shape index (κ2) is 5.22. The van der Waals surface area contributed by atoms with Crippen LogP contribution in [0.3, 0.4) is 0 Å². The molecule has 0 aliphatic carbocycles. The van der Waals surface area contributed by atoms with Crippen molar-refractivity contribution in [2.75, 3.05) is 0 Å². The molecule has 0 amide bonds. The van der Waals surface area contributed by atoms with Crippen LogP contribution in [0.15, 0.2) is 48.7 Å². The molecule has 3 heteroatoms. The Labute approximate surface area is 123 Å². The minimum atomic E-state index is 0.494. The van der Waals surface area contributed by atoms with Crippen LogP contribution < -0.4 is 0 Å². The van der Waals surface area contributed by atoms with Crippen LogP contribution in [0, 0.1) is 0 Å². The average molecular weight is 283 g/mol. The molecule has 0 saturated heterocycles. The minimum Gasteiger partial charge on any atom is -0.237 e. The Balaban J connectivity index is 2.11. The van der Waals surface area contributed by atoms with Gasteiger partial charge >= 0.3 is 0 Å². The maximum absolute atomic E-state index is 6.29. The van der Waals surface area contributed by atoms with Crippen LogP contribution in [-0.2, 0) is 0 Å². The predicted molar refractivity (Wildman–Crippen MR) is 84.1 cm³/mol. The zero-order valence-electron chi connectivity index (χ0n) is 11.5. The minimum absolute atomic E-state index is 0.494. The first-order chi connectivity index (χ1) is 9.65. The van der Waals surface area contributed by atoms with Crippen LogP contribution in [0.5, 0.6) is 0 Å². The first-order valence-corrected chi connectivity index (χ1v) is 7.04. The number of fused-ring (bicyclic) bond motifs is 1. The summed E-state index contributed by atoms with van der Waals surface area (Å²) in [5.74, 6) is 0.526. The van der Waals surface area contributed by atoms with Gasteiger partial charge in [-0.2, -0.15) is 0 Å². The highest BCUT2D eigenvalue weighted by Crippen LogP contribution is 2.30. The summed E-state index contributed by atoms with van der Waals surface area (Å²) >= 11 is 6.29. The maximum Gasteiger partial charge on any atom is 0.160 e. The number of rotatable bonds is 2. The molecule has 0 atom stereocenters. The predicted octanol–water partition coefficient (Wildman–Crippen LogP) is 5.07. The van der Waals surface area contributed by atoms with Crippen LogP contribution in [0.4, 0.5) is 0 Å². The molecule has 0 fully saturated rings. The topological polar surface area (TPSA) is 25.8 Å². The van der Waals surface area contributed by atoms with Gasteiger partial charge in [-0.15, -0.1) is 0 Å². The van der Waals surface area contributed by atoms with Gasteiger partial charge in [0, 0.05) is 17.1 Å². The Bertz CT molecular complexity index is 749. The molecule has 0 radical (unpaired) electrons. The third-order valence-electron chi connectivity index (χ3n) is 3.43. The molecule has 2 heterocycles. The van der Waals surface area contributed by atoms with E-state index in [2.05, 4.69) is 48.1 Å². The van der Waals surface area contributed by atoms with Crippen molar-refractivity contribution in [3.63, 3.8) is 0 Å². The molecule has 0 spiro atoms. The van der Waals surface area contributed by atoms with Gasteiger partial charge in [-0.05, 0) is 35.2 Å². The summed E-state index contributed by atoms with van der Waals surface area (Å²) in [5.41, 5.74) is 4.03. The van der Waals surface area contributed by atoms with Gasteiger partial charge in [0.05, 0.1) is 0 Å². The van der Waals surface area contributed by atoms with Crippen LogP contribution in [0.1, 0.15) is 25.3 Å². The lowest BCUT2D eigenvalue weighted by Crippen LogP contribution is -1.90. The van der Waals surface area contributed by atoms with E-state index in [0.717, 1.165) is 16.5 Å². The molecular formula is C17H15ClN2.